The van der Waals surface area contributed by atoms with E-state index in [4.69, 9.17) is 20.2 Å². The van der Waals surface area contributed by atoms with Crippen molar-refractivity contribution in [2.24, 2.45) is 5.73 Å². The number of carbonyl (C=O) groups is 9. The molecule has 5 aromatic carbocycles. The van der Waals surface area contributed by atoms with Crippen molar-refractivity contribution < 1.29 is 62.8 Å². The quantitative estimate of drug-likeness (QED) is 0.0186. The van der Waals surface area contributed by atoms with Gasteiger partial charge in [-0.25, -0.2) is 29.9 Å². The van der Waals surface area contributed by atoms with Crippen LogP contribution in [0.1, 0.15) is 260 Å². The average Bonchev–Trinajstić information content (AvgIpc) is 1.46. The van der Waals surface area contributed by atoms with Gasteiger partial charge in [-0.2, -0.15) is 5.10 Å². The molecule has 3 saturated carbocycles. The Kier molecular flexibility index (Phi) is 30.2. The molecule has 0 spiro atoms. The molecule has 3 fully saturated rings. The first-order valence-corrected chi connectivity index (χ1v) is 48.3. The van der Waals surface area contributed by atoms with Crippen molar-refractivity contribution in [3.63, 3.8) is 0 Å². The van der Waals surface area contributed by atoms with Crippen LogP contribution in [0.2, 0.25) is 0 Å². The second kappa shape index (κ2) is 44.0. The zero-order valence-electron chi connectivity index (χ0n) is 80.4. The number of pyridine rings is 3. The van der Waals surface area contributed by atoms with Crippen molar-refractivity contribution in [2.45, 2.75) is 206 Å². The molecular weight excluding hydrogens is 1840 g/mol. The molecule has 0 unspecified atom stereocenters. The van der Waals surface area contributed by atoms with E-state index in [-0.39, 0.29) is 140 Å². The highest BCUT2D eigenvalue weighted by atomic mass is 16.5. The van der Waals surface area contributed by atoms with E-state index in [0.717, 1.165) is 83.4 Å². The summed E-state index contributed by atoms with van der Waals surface area (Å²) in [5, 5.41) is 40.8. The molecule has 742 valence electrons. The number of carboxylic acids is 1. The van der Waals surface area contributed by atoms with Crippen LogP contribution in [-0.4, -0.2) is 180 Å². The smallest absolute Gasteiger partial charge is 0.305 e. The fourth-order valence-electron chi connectivity index (χ4n) is 17.9. The van der Waals surface area contributed by atoms with Gasteiger partial charge in [0.25, 0.3) is 35.4 Å². The van der Waals surface area contributed by atoms with Gasteiger partial charge in [-0.15, -0.1) is 0 Å². The van der Waals surface area contributed by atoms with Gasteiger partial charge in [0.15, 0.2) is 57.0 Å². The van der Waals surface area contributed by atoms with Crippen LogP contribution in [0.5, 0.6) is 17.2 Å². The third-order valence-electron chi connectivity index (χ3n) is 26.1. The predicted molar refractivity (Wildman–Crippen MR) is 532 cm³/mol. The monoisotopic (exact) mass is 1950 g/mol. The van der Waals surface area contributed by atoms with E-state index in [0.29, 0.717) is 124 Å². The molecule has 38 heteroatoms. The lowest BCUT2D eigenvalue weighted by Gasteiger charge is -2.35. The van der Waals surface area contributed by atoms with Crippen LogP contribution >= 0.6 is 0 Å². The van der Waals surface area contributed by atoms with Crippen molar-refractivity contribution in [1.29, 1.82) is 0 Å². The van der Waals surface area contributed by atoms with Gasteiger partial charge in [0, 0.05) is 129 Å². The van der Waals surface area contributed by atoms with Gasteiger partial charge in [0.2, 0.25) is 28.1 Å². The second-order valence-electron chi connectivity index (χ2n) is 37.2. The van der Waals surface area contributed by atoms with E-state index in [2.05, 4.69) is 71.7 Å². The molecule has 3 aliphatic carbocycles. The number of nitrogens with two attached hydrogens (primary N) is 1. The number of aliphatic carboxylic acids is 1. The van der Waals surface area contributed by atoms with Crippen LogP contribution < -0.4 is 58.1 Å². The Morgan fingerprint density at radius 2 is 0.792 bits per heavy atom. The van der Waals surface area contributed by atoms with Crippen LogP contribution in [0, 0.1) is 0 Å². The maximum absolute atomic E-state index is 13.7. The number of aromatic amines is 3. The van der Waals surface area contributed by atoms with Crippen LogP contribution in [0.3, 0.4) is 0 Å². The number of H-pyrrole nitrogens is 3. The first-order chi connectivity index (χ1) is 69.6. The minimum absolute atomic E-state index is 0.00245. The molecule has 12 heterocycles. The Bertz CT molecular complexity index is 7340. The number of carboxylic acid groups (broad SMARTS) is 1. The van der Waals surface area contributed by atoms with Gasteiger partial charge in [-0.05, 0) is 108 Å². The number of fused-ring (bicyclic) bond motifs is 6. The summed E-state index contributed by atoms with van der Waals surface area (Å²) in [6, 6.07) is 48.5. The summed E-state index contributed by atoms with van der Waals surface area (Å²) in [6.45, 7) is 14.9. The third-order valence-corrected chi connectivity index (χ3v) is 26.1. The summed E-state index contributed by atoms with van der Waals surface area (Å²) < 4.78 is 17.0. The number of carbonyl (C=O) groups excluding carboxylic acids is 8. The lowest BCUT2D eigenvalue weighted by molar-refractivity contribution is -0.137. The van der Waals surface area contributed by atoms with E-state index in [1.807, 2.05) is 174 Å². The number of rotatable bonds is 32. The Morgan fingerprint density at radius 1 is 0.438 bits per heavy atom. The Labute approximate surface area is 826 Å². The summed E-state index contributed by atoms with van der Waals surface area (Å²) in [4.78, 5) is 194. The van der Waals surface area contributed by atoms with Gasteiger partial charge in [0.1, 0.15) is 29.8 Å². The highest BCUT2D eigenvalue weighted by Gasteiger charge is 2.39. The SMILES string of the molecule is CC(C)N1CCn2c(CN)cc(=O)c(OCc3ccccc3)c2C1=O.CC(C)N1CCn2c(CNC(=O)C[C@H](NC(=O)c3c[nH]c4ncc(C5CC5)nc34)c3ccccc3)cc(=O)c(O)c2C1=O.CC(C)N1CCn2c(CNC(=O)C[C@H](NC(=O)c3c[nH]c4ncc(C5CC5)nc34)c3ccccc3)cc(=O)c(OCc3ccccc3)c2C1=O.O=C(O)C[C@H](NC(=O)c1[nH]nc2ncc(C3CC3)nc12)c1ccccc1. The number of aromatic hydroxyl groups is 1. The summed E-state index contributed by atoms with van der Waals surface area (Å²) in [7, 11) is 0. The topological polar surface area (TPSA) is 512 Å². The zero-order chi connectivity index (χ0) is 101. The van der Waals surface area contributed by atoms with E-state index >= 15 is 0 Å². The highest BCUT2D eigenvalue weighted by molar-refractivity contribution is 6.06. The molecule has 144 heavy (non-hydrogen) atoms. The van der Waals surface area contributed by atoms with Gasteiger partial charge in [0.05, 0.1) is 97.3 Å². The number of aromatic nitrogens is 13. The Hall–Kier alpha value is -16.7. The average molecular weight is 1950 g/mol. The number of hydrogen-bond acceptors (Lipinski definition) is 23. The molecular formula is C106H112N22O16. The zero-order valence-corrected chi connectivity index (χ0v) is 80.4. The number of ether oxygens (including phenoxy) is 2. The van der Waals surface area contributed by atoms with Crippen molar-refractivity contribution in [3.05, 3.63) is 327 Å². The number of nitrogens with one attached hydrogen (secondary N) is 8. The van der Waals surface area contributed by atoms with Crippen LogP contribution in [0.4, 0.5) is 0 Å². The standard InChI is InChI=1S/C38H39N7O5.C31H33N7O5.C19H23N3O3.C18H17N5O3/c1-23(2)44-15-16-45-27(17-31(46)35(34(45)38(44)49)50-22-24-9-5-3-6-10-24)19-39-32(47)18-29(25-11-7-4-8-12-25)43-37(48)28-20-40-36-33(28)42-30(21-41-36)26-13-14-26;1-17(2)37-10-11-38-20(12-24(39)28(41)27(38)31(37)43)14-32-25(40)13-22(18-6-4-3-5-7-18)36-30(42)21-15-33-29-26(21)35-23(16-34-29)19-8-9-19;1-13(2)21-8-9-22-15(11-20)10-16(23)18(17(22)19(21)24)25-12-14-6-4-3-5-7-14;24-14(25)8-12(10-4-2-1-3-5-10)21-18(26)16-15-17(23-22-16)19-9-13(20-15)11-6-7-11/h3-12,17,20-21,23,26,29H,13-16,18-19,22H2,1-2H3,(H,39,47)(H,40,41)(H,43,48);3-7,12,15-17,19,22,41H,8-11,13-14H2,1-2H3,(H,32,40)(H,33,34)(H,36,42);3-7,10,13H,8-9,11-12,20H2,1-2H3;1-5,9,11-12H,6-8H2,(H,21,26)(H,24,25)(H,19,22,23)/t29-;22-;;12-/m00.0/s1. The van der Waals surface area contributed by atoms with E-state index in [1.165, 1.54) is 18.2 Å². The summed E-state index contributed by atoms with van der Waals surface area (Å²) in [6.07, 6.45) is 14.4. The molecule has 9 aromatic heterocycles. The number of nitrogens with zero attached hydrogens (tertiary/aromatic N) is 13. The minimum atomic E-state index is -0.996. The summed E-state index contributed by atoms with van der Waals surface area (Å²) >= 11 is 0. The molecule has 0 radical (unpaired) electrons. The first kappa shape index (κ1) is 98.9. The third kappa shape index (κ3) is 22.8. The van der Waals surface area contributed by atoms with Crippen molar-refractivity contribution in [3.8, 4) is 17.2 Å². The molecule has 3 atom stereocenters. The van der Waals surface area contributed by atoms with E-state index in [9.17, 15) is 67.7 Å². The lowest BCUT2D eigenvalue weighted by Crippen LogP contribution is -2.46. The molecule has 6 aliphatic rings. The Morgan fingerprint density at radius 3 is 1.19 bits per heavy atom. The highest BCUT2D eigenvalue weighted by Crippen LogP contribution is 2.42. The largest absolute Gasteiger partial charge is 0.503 e. The molecule has 12 N–H and O–H groups in total. The molecule has 0 bridgehead atoms. The summed E-state index contributed by atoms with van der Waals surface area (Å²) in [5.41, 5.74) is 16.7. The fraction of sp³-hybridized carbons (Fsp3) is 0.330. The molecule has 14 aromatic rings. The van der Waals surface area contributed by atoms with Crippen molar-refractivity contribution in [1.82, 2.24) is 105 Å². The van der Waals surface area contributed by atoms with Gasteiger partial charge < -0.3 is 90.4 Å². The normalized spacial score (nSPS) is 14.8. The molecule has 3 aliphatic heterocycles. The first-order valence-electron chi connectivity index (χ1n) is 48.3. The molecule has 0 saturated heterocycles. The molecule has 20 rings (SSSR count). The lowest BCUT2D eigenvalue weighted by atomic mass is 10.0. The minimum Gasteiger partial charge on any atom is -0.503 e. The van der Waals surface area contributed by atoms with Gasteiger partial charge in [-0.3, -0.25) is 62.6 Å². The Balaban J connectivity index is 0.000000137. The fourth-order valence-corrected chi connectivity index (χ4v) is 17.9. The van der Waals surface area contributed by atoms with Crippen LogP contribution in [-0.2, 0) is 66.9 Å². The number of hydrogen-bond donors (Lipinski definition) is 11. The number of benzene rings is 5. The molecule has 8 amide bonds. The maximum Gasteiger partial charge on any atom is 0.305 e. The van der Waals surface area contributed by atoms with Crippen LogP contribution in [0.15, 0.2) is 215 Å². The second-order valence-corrected chi connectivity index (χ2v) is 37.2. The predicted octanol–water partition coefficient (Wildman–Crippen LogP) is 11.3. The van der Waals surface area contributed by atoms with E-state index < -0.39 is 52.5 Å². The van der Waals surface area contributed by atoms with Gasteiger partial charge in [-0.1, -0.05) is 152 Å². The van der Waals surface area contributed by atoms with Crippen molar-refractivity contribution >= 4 is 86.7 Å². The van der Waals surface area contributed by atoms with E-state index in [1.54, 1.807) is 79.1 Å². The molecule has 38 nitrogen and oxygen atoms in total. The maximum atomic E-state index is 13.7. The van der Waals surface area contributed by atoms with Gasteiger partial charge >= 0.3 is 5.97 Å². The number of amides is 8. The summed E-state index contributed by atoms with van der Waals surface area (Å²) in [5.74, 6) is -3.15. The van der Waals surface area contributed by atoms with Crippen LogP contribution in [0.25, 0.3) is 33.5 Å². The van der Waals surface area contributed by atoms with Crippen molar-refractivity contribution in [2.75, 3.05) is 19.6 Å².